The number of hydrogen-bond donors (Lipinski definition) is 3. The standard InChI is InChI=1S/C27H20ClFN4O2/c28-18-7-9-20(26(30)34)21(13-18)17-6-11-25(33(35)15-17)22(12-16-4-2-1-3-5-16)27-31-23-10-8-19(29)14-24(23)32-27/h1-11,13-15,22H,12H2,(H3-,30,31,32,34,35)/p+1/t22-/m0/s1. The van der Waals surface area contributed by atoms with Crippen molar-refractivity contribution in [3.8, 4) is 11.1 Å². The van der Waals surface area contributed by atoms with Gasteiger partial charge in [-0.2, -0.15) is 0 Å². The van der Waals surface area contributed by atoms with Crippen LogP contribution in [0.25, 0.3) is 22.2 Å². The van der Waals surface area contributed by atoms with Crippen molar-refractivity contribution in [1.82, 2.24) is 9.97 Å². The number of hydrogen-bond acceptors (Lipinski definition) is 3. The maximum atomic E-state index is 13.8. The molecule has 0 spiro atoms. The Morgan fingerprint density at radius 3 is 2.63 bits per heavy atom. The van der Waals surface area contributed by atoms with Crippen LogP contribution in [0.15, 0.2) is 85.1 Å². The van der Waals surface area contributed by atoms with Crippen LogP contribution in [-0.4, -0.2) is 21.1 Å². The lowest BCUT2D eigenvalue weighted by Crippen LogP contribution is -2.37. The number of imidazole rings is 1. The molecule has 2 aromatic heterocycles. The minimum absolute atomic E-state index is 0.294. The van der Waals surface area contributed by atoms with Gasteiger partial charge in [0.15, 0.2) is 0 Å². The lowest BCUT2D eigenvalue weighted by Gasteiger charge is -2.13. The SMILES string of the molecule is NC(=O)c1ccc(Cl)cc1-c1ccc([C@H](Cc2ccccc2)c2nc3ccc(F)cc3[nH]2)[n+](O)c1. The number of benzene rings is 3. The van der Waals surface area contributed by atoms with Crippen LogP contribution in [0.3, 0.4) is 0 Å². The van der Waals surface area contributed by atoms with E-state index in [1.54, 1.807) is 36.4 Å². The van der Waals surface area contributed by atoms with Crippen LogP contribution < -0.4 is 10.5 Å². The quantitative estimate of drug-likeness (QED) is 0.232. The van der Waals surface area contributed by atoms with Crippen LogP contribution in [0.5, 0.6) is 0 Å². The fourth-order valence-electron chi connectivity index (χ4n) is 4.26. The molecular weight excluding hydrogens is 467 g/mol. The molecule has 1 amide bonds. The summed E-state index contributed by atoms with van der Waals surface area (Å²) in [6, 6.07) is 22.5. The van der Waals surface area contributed by atoms with E-state index in [0.717, 1.165) is 10.3 Å². The van der Waals surface area contributed by atoms with Gasteiger partial charge < -0.3 is 10.7 Å². The zero-order valence-corrected chi connectivity index (χ0v) is 19.2. The molecule has 0 aliphatic carbocycles. The first-order valence-corrected chi connectivity index (χ1v) is 11.3. The molecular formula is C27H21ClFN4O2+. The number of nitrogens with one attached hydrogen (secondary N) is 1. The Bertz CT molecular complexity index is 1550. The smallest absolute Gasteiger partial charge is 0.249 e. The van der Waals surface area contributed by atoms with Gasteiger partial charge in [0.1, 0.15) is 17.6 Å². The molecule has 0 bridgehead atoms. The summed E-state index contributed by atoms with van der Waals surface area (Å²) in [5.41, 5.74) is 9.71. The lowest BCUT2D eigenvalue weighted by molar-refractivity contribution is -0.909. The van der Waals surface area contributed by atoms with E-state index >= 15 is 0 Å². The highest BCUT2D eigenvalue weighted by Gasteiger charge is 2.29. The first-order valence-electron chi connectivity index (χ1n) is 10.9. The largest absolute Gasteiger partial charge is 0.366 e. The van der Waals surface area contributed by atoms with Crippen LogP contribution in [0.1, 0.15) is 33.4 Å². The number of nitrogens with two attached hydrogens (primary N) is 1. The zero-order chi connectivity index (χ0) is 24.5. The normalized spacial score (nSPS) is 12.1. The molecule has 3 aromatic carbocycles. The van der Waals surface area contributed by atoms with Gasteiger partial charge in [-0.15, -0.1) is 0 Å². The van der Waals surface area contributed by atoms with E-state index in [0.29, 0.717) is 50.7 Å². The highest BCUT2D eigenvalue weighted by molar-refractivity contribution is 6.31. The van der Waals surface area contributed by atoms with Gasteiger partial charge in [-0.1, -0.05) is 41.9 Å². The lowest BCUT2D eigenvalue weighted by atomic mass is 9.93. The van der Waals surface area contributed by atoms with Gasteiger partial charge in [-0.05, 0) is 54.4 Å². The van der Waals surface area contributed by atoms with E-state index in [9.17, 15) is 14.4 Å². The second-order valence-corrected chi connectivity index (χ2v) is 8.70. The van der Waals surface area contributed by atoms with Gasteiger partial charge >= 0.3 is 0 Å². The highest BCUT2D eigenvalue weighted by atomic mass is 35.5. The number of primary amides is 1. The predicted octanol–water partition coefficient (Wildman–Crippen LogP) is 5.02. The molecule has 0 radical (unpaired) electrons. The first kappa shape index (κ1) is 22.6. The Morgan fingerprint density at radius 1 is 1.09 bits per heavy atom. The summed E-state index contributed by atoms with van der Waals surface area (Å²) in [5, 5.41) is 11.5. The fourth-order valence-corrected chi connectivity index (χ4v) is 4.44. The molecule has 35 heavy (non-hydrogen) atoms. The minimum Gasteiger partial charge on any atom is -0.366 e. The molecule has 6 nitrogen and oxygen atoms in total. The van der Waals surface area contributed by atoms with E-state index in [-0.39, 0.29) is 11.7 Å². The summed E-state index contributed by atoms with van der Waals surface area (Å²) in [4.78, 5) is 19.8. The van der Waals surface area contributed by atoms with Crippen LogP contribution in [0, 0.1) is 5.82 Å². The predicted molar refractivity (Wildman–Crippen MR) is 131 cm³/mol. The van der Waals surface area contributed by atoms with Crippen molar-refractivity contribution >= 4 is 28.5 Å². The first-order chi connectivity index (χ1) is 16.9. The second-order valence-electron chi connectivity index (χ2n) is 8.27. The van der Waals surface area contributed by atoms with Crippen LogP contribution in [0.4, 0.5) is 4.39 Å². The fraction of sp³-hybridized carbons (Fsp3) is 0.0741. The molecule has 174 valence electrons. The number of aromatic amines is 1. The number of H-pyrrole nitrogens is 1. The van der Waals surface area contributed by atoms with Gasteiger partial charge in [0, 0.05) is 26.9 Å². The average Bonchev–Trinajstić information content (AvgIpc) is 3.26. The molecule has 0 aliphatic heterocycles. The summed E-state index contributed by atoms with van der Waals surface area (Å²) < 4.78 is 14.8. The second kappa shape index (κ2) is 9.19. The topological polar surface area (TPSA) is 95.9 Å². The number of amides is 1. The van der Waals surface area contributed by atoms with Crippen LogP contribution in [-0.2, 0) is 6.42 Å². The van der Waals surface area contributed by atoms with Crippen molar-refractivity contribution in [1.29, 1.82) is 0 Å². The minimum atomic E-state index is -0.596. The van der Waals surface area contributed by atoms with E-state index in [1.165, 1.54) is 18.3 Å². The number of halogens is 2. The van der Waals surface area contributed by atoms with Gasteiger partial charge in [0.2, 0.25) is 17.8 Å². The van der Waals surface area contributed by atoms with Crippen molar-refractivity contribution in [3.63, 3.8) is 0 Å². The van der Waals surface area contributed by atoms with Gasteiger partial charge in [0.05, 0.1) is 16.6 Å². The van der Waals surface area contributed by atoms with Gasteiger partial charge in [-0.3, -0.25) is 10.0 Å². The monoisotopic (exact) mass is 487 g/mol. The van der Waals surface area contributed by atoms with Gasteiger partial charge in [-0.25, -0.2) is 9.37 Å². The number of carbonyl (C=O) groups excluding carboxylic acids is 1. The Balaban J connectivity index is 1.61. The number of pyridine rings is 1. The number of aromatic nitrogens is 3. The van der Waals surface area contributed by atoms with E-state index in [2.05, 4.69) is 9.97 Å². The molecule has 0 saturated heterocycles. The summed E-state index contributed by atoms with van der Waals surface area (Å²) in [6.45, 7) is 0. The summed E-state index contributed by atoms with van der Waals surface area (Å²) >= 11 is 6.15. The molecule has 0 aliphatic rings. The van der Waals surface area contributed by atoms with Crippen molar-refractivity contribution in [2.75, 3.05) is 0 Å². The average molecular weight is 488 g/mol. The zero-order valence-electron chi connectivity index (χ0n) is 18.5. The Labute approximate surface area is 205 Å². The Morgan fingerprint density at radius 2 is 1.89 bits per heavy atom. The number of nitrogens with zero attached hydrogens (tertiary/aromatic N) is 2. The van der Waals surface area contributed by atoms with Crippen LogP contribution in [0.2, 0.25) is 5.02 Å². The third-order valence-corrected chi connectivity index (χ3v) is 6.18. The van der Waals surface area contributed by atoms with Gasteiger partial charge in [0.25, 0.3) is 0 Å². The third kappa shape index (κ3) is 4.58. The number of fused-ring (bicyclic) bond motifs is 1. The van der Waals surface area contributed by atoms with Crippen molar-refractivity contribution in [2.24, 2.45) is 5.73 Å². The highest BCUT2D eigenvalue weighted by Crippen LogP contribution is 2.30. The third-order valence-electron chi connectivity index (χ3n) is 5.95. The number of rotatable bonds is 6. The summed E-state index contributed by atoms with van der Waals surface area (Å²) in [6.07, 6.45) is 2.04. The molecule has 0 unspecified atom stereocenters. The van der Waals surface area contributed by atoms with Crippen molar-refractivity contribution < 1.29 is 19.1 Å². The Hall–Kier alpha value is -4.23. The van der Waals surface area contributed by atoms with E-state index in [1.807, 2.05) is 30.3 Å². The number of carbonyl (C=O) groups is 1. The Kier molecular flexibility index (Phi) is 5.93. The molecule has 4 N–H and O–H groups in total. The van der Waals surface area contributed by atoms with E-state index in [4.69, 9.17) is 17.3 Å². The summed E-state index contributed by atoms with van der Waals surface area (Å²) in [7, 11) is 0. The van der Waals surface area contributed by atoms with Crippen molar-refractivity contribution in [2.45, 2.75) is 12.3 Å². The molecule has 8 heteroatoms. The molecule has 0 fully saturated rings. The van der Waals surface area contributed by atoms with Crippen LogP contribution >= 0.6 is 11.6 Å². The van der Waals surface area contributed by atoms with Crippen molar-refractivity contribution in [3.05, 3.63) is 119 Å². The molecule has 1 atom stereocenters. The maximum Gasteiger partial charge on any atom is 0.249 e. The van der Waals surface area contributed by atoms with E-state index < -0.39 is 5.91 Å². The molecule has 5 aromatic rings. The molecule has 5 rings (SSSR count). The molecule has 2 heterocycles. The maximum absolute atomic E-state index is 13.8. The molecule has 0 saturated carbocycles. The summed E-state index contributed by atoms with van der Waals surface area (Å²) in [5.74, 6) is -0.741.